The summed E-state index contributed by atoms with van der Waals surface area (Å²) in [6.45, 7) is 0. The van der Waals surface area contributed by atoms with Crippen molar-refractivity contribution in [2.24, 2.45) is 11.8 Å². The fourth-order valence-corrected chi connectivity index (χ4v) is 1.21. The summed E-state index contributed by atoms with van der Waals surface area (Å²) in [5.41, 5.74) is 0. The highest BCUT2D eigenvalue weighted by molar-refractivity contribution is 6.02. The number of rotatable bonds is 6. The molecule has 0 atom stereocenters. The van der Waals surface area contributed by atoms with Crippen LogP contribution in [0.25, 0.3) is 0 Å². The lowest BCUT2D eigenvalue weighted by Gasteiger charge is -2.16. The van der Waals surface area contributed by atoms with Gasteiger partial charge < -0.3 is 18.9 Å². The summed E-state index contributed by atoms with van der Waals surface area (Å²) in [5.74, 6) is -6.93. The third kappa shape index (κ3) is 4.57. The van der Waals surface area contributed by atoms with Crippen molar-refractivity contribution in [2.45, 2.75) is 0 Å². The fraction of sp³-hybridized carbons (Fsp3) is 0.545. The molecule has 0 saturated heterocycles. The van der Waals surface area contributed by atoms with Crippen molar-refractivity contribution in [3.63, 3.8) is 0 Å². The number of hydrogen-bond acceptors (Lipinski definition) is 8. The molecule has 0 aromatic heterocycles. The average molecular weight is 275 g/mol. The summed E-state index contributed by atoms with van der Waals surface area (Å²) in [5, 5.41) is 0. The Morgan fingerprint density at radius 3 is 1.00 bits per heavy atom. The molecule has 1 radical (unpaired) electrons. The Hall–Kier alpha value is -2.12. The van der Waals surface area contributed by atoms with Gasteiger partial charge in [-0.1, -0.05) is 0 Å². The molecule has 8 heteroatoms. The summed E-state index contributed by atoms with van der Waals surface area (Å²) in [7, 11) is 4.21. The summed E-state index contributed by atoms with van der Waals surface area (Å²) in [4.78, 5) is 45.6. The van der Waals surface area contributed by atoms with E-state index >= 15 is 0 Å². The molecule has 0 aliphatic carbocycles. The Morgan fingerprint density at radius 2 is 0.842 bits per heavy atom. The molecule has 0 spiro atoms. The van der Waals surface area contributed by atoms with Gasteiger partial charge in [0.1, 0.15) is 0 Å². The first-order chi connectivity index (χ1) is 8.92. The fourth-order valence-electron chi connectivity index (χ4n) is 1.21. The molecule has 8 nitrogen and oxygen atoms in total. The molecular weight excluding hydrogens is 260 g/mol. The summed E-state index contributed by atoms with van der Waals surface area (Å²) in [6.07, 6.45) is 0.856. The minimum absolute atomic E-state index is 0.856. The number of carbonyl (C=O) groups is 4. The van der Waals surface area contributed by atoms with Crippen molar-refractivity contribution < 1.29 is 38.1 Å². The molecule has 0 aliphatic rings. The van der Waals surface area contributed by atoms with Gasteiger partial charge >= 0.3 is 23.9 Å². The van der Waals surface area contributed by atoms with Crippen molar-refractivity contribution in [3.05, 3.63) is 6.42 Å². The summed E-state index contributed by atoms with van der Waals surface area (Å²) in [6, 6.07) is 0. The van der Waals surface area contributed by atoms with Crippen LogP contribution in [-0.2, 0) is 38.1 Å². The van der Waals surface area contributed by atoms with E-state index in [2.05, 4.69) is 18.9 Å². The van der Waals surface area contributed by atoms with E-state index in [-0.39, 0.29) is 0 Å². The zero-order valence-electron chi connectivity index (χ0n) is 11.0. The smallest absolute Gasteiger partial charge is 0.320 e. The lowest BCUT2D eigenvalue weighted by atomic mass is 9.94. The number of esters is 4. The van der Waals surface area contributed by atoms with Crippen LogP contribution in [0.15, 0.2) is 0 Å². The summed E-state index contributed by atoms with van der Waals surface area (Å²) >= 11 is 0. The van der Waals surface area contributed by atoms with Crippen LogP contribution in [0.2, 0.25) is 0 Å². The first kappa shape index (κ1) is 16.9. The van der Waals surface area contributed by atoms with Gasteiger partial charge in [0.05, 0.1) is 28.4 Å². The van der Waals surface area contributed by atoms with E-state index < -0.39 is 35.7 Å². The summed E-state index contributed by atoms with van der Waals surface area (Å²) < 4.78 is 17.6. The third-order valence-electron chi connectivity index (χ3n) is 2.21. The van der Waals surface area contributed by atoms with Gasteiger partial charge in [-0.25, -0.2) is 0 Å². The Labute approximate surface area is 109 Å². The molecule has 0 heterocycles. The van der Waals surface area contributed by atoms with Crippen molar-refractivity contribution in [2.75, 3.05) is 28.4 Å². The van der Waals surface area contributed by atoms with E-state index in [0.717, 1.165) is 34.9 Å². The highest BCUT2D eigenvalue weighted by Crippen LogP contribution is 2.17. The standard InChI is InChI=1S/C11H15O8/c1-16-8(12)6(9(13)17-2)5-7(10(14)18-3)11(15)19-4/h5-7H,1-4H3. The van der Waals surface area contributed by atoms with Crippen LogP contribution in [0.5, 0.6) is 0 Å². The maximum absolute atomic E-state index is 11.4. The molecule has 107 valence electrons. The molecule has 0 aromatic rings. The van der Waals surface area contributed by atoms with E-state index in [1.165, 1.54) is 0 Å². The molecule has 19 heavy (non-hydrogen) atoms. The quantitative estimate of drug-likeness (QED) is 0.349. The largest absolute Gasteiger partial charge is 0.468 e. The number of methoxy groups -OCH3 is 4. The van der Waals surface area contributed by atoms with Crippen LogP contribution in [0.3, 0.4) is 0 Å². The van der Waals surface area contributed by atoms with Gasteiger partial charge in [0.15, 0.2) is 11.8 Å². The van der Waals surface area contributed by atoms with Crippen LogP contribution in [-0.4, -0.2) is 52.3 Å². The predicted octanol–water partition coefficient (Wildman–Crippen LogP) is -0.885. The molecule has 0 unspecified atom stereocenters. The SMILES string of the molecule is COC(=O)C([CH]C(C(=O)OC)C(=O)OC)C(=O)OC. The van der Waals surface area contributed by atoms with E-state index in [0.29, 0.717) is 0 Å². The van der Waals surface area contributed by atoms with Gasteiger partial charge in [0.2, 0.25) is 0 Å². The minimum Gasteiger partial charge on any atom is -0.468 e. The van der Waals surface area contributed by atoms with Gasteiger partial charge in [-0.2, -0.15) is 0 Å². The van der Waals surface area contributed by atoms with Crippen LogP contribution < -0.4 is 0 Å². The van der Waals surface area contributed by atoms with Gasteiger partial charge in [-0.3, -0.25) is 19.2 Å². The third-order valence-corrected chi connectivity index (χ3v) is 2.21. The number of hydrogen-bond donors (Lipinski definition) is 0. The minimum atomic E-state index is -1.53. The van der Waals surface area contributed by atoms with Gasteiger partial charge in [-0.05, 0) is 0 Å². The number of ether oxygens (including phenoxy) is 4. The topological polar surface area (TPSA) is 105 Å². The molecule has 0 rings (SSSR count). The maximum atomic E-state index is 11.4. The second kappa shape index (κ2) is 8.06. The molecule has 0 saturated carbocycles. The second-order valence-electron chi connectivity index (χ2n) is 3.24. The highest BCUT2D eigenvalue weighted by Gasteiger charge is 2.39. The van der Waals surface area contributed by atoms with E-state index in [1.807, 2.05) is 0 Å². The molecule has 0 aromatic carbocycles. The van der Waals surface area contributed by atoms with Gasteiger partial charge in [0.25, 0.3) is 0 Å². The monoisotopic (exact) mass is 275 g/mol. The Morgan fingerprint density at radius 1 is 0.632 bits per heavy atom. The van der Waals surface area contributed by atoms with Crippen LogP contribution >= 0.6 is 0 Å². The van der Waals surface area contributed by atoms with Crippen LogP contribution in [0.1, 0.15) is 0 Å². The highest BCUT2D eigenvalue weighted by atomic mass is 16.6. The molecule has 0 N–H and O–H groups in total. The maximum Gasteiger partial charge on any atom is 0.320 e. The zero-order valence-corrected chi connectivity index (χ0v) is 11.0. The van der Waals surface area contributed by atoms with Gasteiger partial charge in [-0.15, -0.1) is 0 Å². The van der Waals surface area contributed by atoms with Crippen LogP contribution in [0.4, 0.5) is 0 Å². The Kier molecular flexibility index (Phi) is 7.16. The van der Waals surface area contributed by atoms with Crippen molar-refractivity contribution in [1.29, 1.82) is 0 Å². The predicted molar refractivity (Wildman–Crippen MR) is 59.3 cm³/mol. The average Bonchev–Trinajstić information content (AvgIpc) is 2.45. The molecule has 0 amide bonds. The number of carbonyl (C=O) groups excluding carboxylic acids is 4. The first-order valence-electron chi connectivity index (χ1n) is 5.09. The normalized spacial score (nSPS) is 10.0. The Balaban J connectivity index is 5.13. The van der Waals surface area contributed by atoms with Gasteiger partial charge in [0, 0.05) is 6.42 Å². The molecule has 0 aliphatic heterocycles. The van der Waals surface area contributed by atoms with Crippen molar-refractivity contribution in [3.8, 4) is 0 Å². The lowest BCUT2D eigenvalue weighted by Crippen LogP contribution is -2.35. The van der Waals surface area contributed by atoms with Crippen molar-refractivity contribution in [1.82, 2.24) is 0 Å². The van der Waals surface area contributed by atoms with E-state index in [4.69, 9.17) is 0 Å². The lowest BCUT2D eigenvalue weighted by molar-refractivity contribution is -0.160. The Bertz CT molecular complexity index is 296. The van der Waals surface area contributed by atoms with E-state index in [9.17, 15) is 19.2 Å². The van der Waals surface area contributed by atoms with Crippen molar-refractivity contribution >= 4 is 23.9 Å². The molecule has 0 fully saturated rings. The first-order valence-corrected chi connectivity index (χ1v) is 5.09. The van der Waals surface area contributed by atoms with E-state index in [1.54, 1.807) is 0 Å². The zero-order chi connectivity index (χ0) is 15.0. The molecule has 0 bridgehead atoms. The second-order valence-corrected chi connectivity index (χ2v) is 3.24. The van der Waals surface area contributed by atoms with Crippen LogP contribution in [0, 0.1) is 18.3 Å². The molecular formula is C11H15O8.